The number of ether oxygens (including phenoxy) is 2. The van der Waals surface area contributed by atoms with E-state index in [0.717, 1.165) is 11.1 Å². The predicted molar refractivity (Wildman–Crippen MR) is 115 cm³/mol. The summed E-state index contributed by atoms with van der Waals surface area (Å²) in [4.78, 5) is 33.9. The third-order valence-corrected chi connectivity index (χ3v) is 4.78. The number of hydrogen-bond acceptors (Lipinski definition) is 5. The van der Waals surface area contributed by atoms with E-state index in [0.29, 0.717) is 11.5 Å². The SMILES string of the molecule is CC(Br)C(=O)Oc1ccc(C(CC(=O)O)c2ccc(OC(=O)C(C)Br)cc2)cc1. The highest BCUT2D eigenvalue weighted by molar-refractivity contribution is 9.10. The van der Waals surface area contributed by atoms with Crippen molar-refractivity contribution in [3.8, 4) is 11.5 Å². The first kappa shape index (κ1) is 23.1. The lowest BCUT2D eigenvalue weighted by atomic mass is 9.88. The standard InChI is InChI=1S/C21H20Br2O6/c1-12(22)20(26)28-16-7-3-14(4-8-16)18(11-19(24)25)15-5-9-17(10-6-15)29-21(27)13(2)23/h3-10,12-13,18H,11H2,1-2H3,(H,24,25). The van der Waals surface area contributed by atoms with E-state index >= 15 is 0 Å². The topological polar surface area (TPSA) is 89.9 Å². The van der Waals surface area contributed by atoms with E-state index < -0.39 is 33.5 Å². The van der Waals surface area contributed by atoms with Crippen LogP contribution in [0.3, 0.4) is 0 Å². The number of carbonyl (C=O) groups is 3. The van der Waals surface area contributed by atoms with Crippen molar-refractivity contribution in [1.29, 1.82) is 0 Å². The molecule has 0 aliphatic carbocycles. The Bertz CT molecular complexity index is 794. The van der Waals surface area contributed by atoms with E-state index in [-0.39, 0.29) is 6.42 Å². The van der Waals surface area contributed by atoms with E-state index in [1.165, 1.54) is 0 Å². The van der Waals surface area contributed by atoms with Gasteiger partial charge in [0, 0.05) is 5.92 Å². The molecule has 0 amide bonds. The Labute approximate surface area is 185 Å². The average Bonchev–Trinajstić information content (AvgIpc) is 2.67. The molecule has 0 heterocycles. The van der Waals surface area contributed by atoms with Crippen LogP contribution in [0.25, 0.3) is 0 Å². The highest BCUT2D eigenvalue weighted by atomic mass is 79.9. The molecule has 0 bridgehead atoms. The maximum Gasteiger partial charge on any atom is 0.324 e. The van der Waals surface area contributed by atoms with Crippen molar-refractivity contribution < 1.29 is 29.0 Å². The smallest absolute Gasteiger partial charge is 0.324 e. The lowest BCUT2D eigenvalue weighted by Gasteiger charge is -2.17. The van der Waals surface area contributed by atoms with Crippen LogP contribution in [-0.4, -0.2) is 32.7 Å². The van der Waals surface area contributed by atoms with Crippen LogP contribution in [0.15, 0.2) is 48.5 Å². The second kappa shape index (κ2) is 10.5. The van der Waals surface area contributed by atoms with Gasteiger partial charge in [0.05, 0.1) is 6.42 Å². The van der Waals surface area contributed by atoms with Crippen LogP contribution in [0.2, 0.25) is 0 Å². The minimum Gasteiger partial charge on any atom is -0.481 e. The summed E-state index contributed by atoms with van der Waals surface area (Å²) in [7, 11) is 0. The fourth-order valence-corrected chi connectivity index (χ4v) is 2.72. The number of alkyl halides is 2. The number of carbonyl (C=O) groups excluding carboxylic acids is 2. The van der Waals surface area contributed by atoms with Gasteiger partial charge in [0.15, 0.2) is 0 Å². The van der Waals surface area contributed by atoms with Gasteiger partial charge >= 0.3 is 17.9 Å². The van der Waals surface area contributed by atoms with Crippen molar-refractivity contribution in [2.75, 3.05) is 0 Å². The van der Waals surface area contributed by atoms with E-state index in [4.69, 9.17) is 9.47 Å². The third kappa shape index (κ3) is 6.97. The van der Waals surface area contributed by atoms with Gasteiger partial charge < -0.3 is 14.6 Å². The van der Waals surface area contributed by atoms with Crippen LogP contribution in [0.1, 0.15) is 37.3 Å². The zero-order valence-electron chi connectivity index (χ0n) is 15.8. The van der Waals surface area contributed by atoms with Gasteiger partial charge in [-0.1, -0.05) is 56.1 Å². The summed E-state index contributed by atoms with van der Waals surface area (Å²) in [5, 5.41) is 9.33. The van der Waals surface area contributed by atoms with Crippen molar-refractivity contribution in [1.82, 2.24) is 0 Å². The monoisotopic (exact) mass is 526 g/mol. The van der Waals surface area contributed by atoms with E-state index in [1.807, 2.05) is 0 Å². The maximum atomic E-state index is 11.7. The third-order valence-electron chi connectivity index (χ3n) is 4.03. The zero-order chi connectivity index (χ0) is 21.6. The molecule has 2 atom stereocenters. The predicted octanol–water partition coefficient (Wildman–Crippen LogP) is 4.67. The van der Waals surface area contributed by atoms with Crippen LogP contribution in [0.5, 0.6) is 11.5 Å². The number of halogens is 2. The second-order valence-corrected chi connectivity index (χ2v) is 9.11. The Hall–Kier alpha value is -2.19. The molecule has 2 aromatic rings. The Morgan fingerprint density at radius 3 is 1.41 bits per heavy atom. The van der Waals surface area contributed by atoms with Crippen molar-refractivity contribution in [3.05, 3.63) is 59.7 Å². The molecule has 2 rings (SSSR count). The van der Waals surface area contributed by atoms with Gasteiger partial charge in [-0.15, -0.1) is 0 Å². The minimum absolute atomic E-state index is 0.116. The molecule has 2 aromatic carbocycles. The molecule has 8 heteroatoms. The van der Waals surface area contributed by atoms with Gasteiger partial charge in [-0.2, -0.15) is 0 Å². The molecule has 0 spiro atoms. The molecule has 0 radical (unpaired) electrons. The summed E-state index contributed by atoms with van der Waals surface area (Å²) in [5.74, 6) is -1.42. The van der Waals surface area contributed by atoms with Crippen LogP contribution < -0.4 is 9.47 Å². The van der Waals surface area contributed by atoms with Crippen molar-refractivity contribution in [2.24, 2.45) is 0 Å². The Balaban J connectivity index is 2.22. The molecule has 6 nitrogen and oxygen atoms in total. The lowest BCUT2D eigenvalue weighted by molar-refractivity contribution is -0.137. The first-order valence-corrected chi connectivity index (χ1v) is 10.6. The fraction of sp³-hybridized carbons (Fsp3) is 0.286. The first-order chi connectivity index (χ1) is 13.7. The number of carboxylic acids is 1. The Morgan fingerprint density at radius 1 is 0.793 bits per heavy atom. The quantitative estimate of drug-likeness (QED) is 0.305. The Morgan fingerprint density at radius 2 is 1.14 bits per heavy atom. The summed E-state index contributed by atoms with van der Waals surface area (Å²) in [6.07, 6.45) is -0.116. The van der Waals surface area contributed by atoms with Crippen LogP contribution >= 0.6 is 31.9 Å². The summed E-state index contributed by atoms with van der Waals surface area (Å²) in [6.45, 7) is 3.33. The molecule has 0 fully saturated rings. The highest BCUT2D eigenvalue weighted by Crippen LogP contribution is 2.31. The highest BCUT2D eigenvalue weighted by Gasteiger charge is 2.19. The second-order valence-electron chi connectivity index (χ2n) is 6.36. The number of hydrogen-bond donors (Lipinski definition) is 1. The largest absolute Gasteiger partial charge is 0.481 e. The van der Waals surface area contributed by atoms with Gasteiger partial charge in [-0.05, 0) is 49.2 Å². The average molecular weight is 528 g/mol. The molecule has 2 unspecified atom stereocenters. The molecule has 0 aromatic heterocycles. The number of rotatable bonds is 8. The number of aliphatic carboxylic acids is 1. The lowest BCUT2D eigenvalue weighted by Crippen LogP contribution is -2.17. The number of benzene rings is 2. The summed E-state index contributed by atoms with van der Waals surface area (Å²) < 4.78 is 10.4. The molecule has 0 aliphatic heterocycles. The van der Waals surface area contributed by atoms with Gasteiger partial charge in [-0.3, -0.25) is 14.4 Å². The van der Waals surface area contributed by atoms with Crippen molar-refractivity contribution >= 4 is 49.8 Å². The van der Waals surface area contributed by atoms with Crippen LogP contribution in [0.4, 0.5) is 0 Å². The summed E-state index contributed by atoms with van der Waals surface area (Å²) in [5.41, 5.74) is 1.52. The Kier molecular flexibility index (Phi) is 8.40. The van der Waals surface area contributed by atoms with Crippen molar-refractivity contribution in [3.63, 3.8) is 0 Å². The van der Waals surface area contributed by atoms with E-state index in [2.05, 4.69) is 31.9 Å². The molecule has 0 aliphatic rings. The van der Waals surface area contributed by atoms with Gasteiger partial charge in [0.1, 0.15) is 21.2 Å². The minimum atomic E-state index is -0.942. The van der Waals surface area contributed by atoms with Gasteiger partial charge in [-0.25, -0.2) is 0 Å². The molecule has 0 saturated heterocycles. The van der Waals surface area contributed by atoms with Gasteiger partial charge in [0.25, 0.3) is 0 Å². The van der Waals surface area contributed by atoms with Gasteiger partial charge in [0.2, 0.25) is 0 Å². The molecular weight excluding hydrogens is 508 g/mol. The van der Waals surface area contributed by atoms with E-state index in [9.17, 15) is 19.5 Å². The number of carboxylic acid groups (broad SMARTS) is 1. The molecule has 0 saturated carbocycles. The summed E-state index contributed by atoms with van der Waals surface area (Å²) in [6, 6.07) is 13.4. The zero-order valence-corrected chi connectivity index (χ0v) is 19.0. The molecule has 154 valence electrons. The van der Waals surface area contributed by atoms with Crippen LogP contribution in [-0.2, 0) is 14.4 Å². The molecule has 1 N–H and O–H groups in total. The molecular formula is C21H20Br2O6. The maximum absolute atomic E-state index is 11.7. The van der Waals surface area contributed by atoms with E-state index in [1.54, 1.807) is 62.4 Å². The fourth-order valence-electron chi connectivity index (χ4n) is 2.53. The summed E-state index contributed by atoms with van der Waals surface area (Å²) >= 11 is 6.29. The first-order valence-electron chi connectivity index (χ1n) is 8.80. The molecule has 29 heavy (non-hydrogen) atoms. The van der Waals surface area contributed by atoms with Crippen LogP contribution in [0, 0.1) is 0 Å². The normalized spacial score (nSPS) is 13.8. The number of esters is 2. The van der Waals surface area contributed by atoms with Crippen molar-refractivity contribution in [2.45, 2.75) is 35.8 Å².